The third-order valence-electron chi connectivity index (χ3n) is 5.50. The van der Waals surface area contributed by atoms with Crippen molar-refractivity contribution in [1.82, 2.24) is 4.90 Å². The van der Waals surface area contributed by atoms with Crippen molar-refractivity contribution < 1.29 is 9.90 Å². The molecule has 1 heterocycles. The van der Waals surface area contributed by atoms with E-state index in [2.05, 4.69) is 31.0 Å². The standard InChI is InChI=1S/C22H27NO2/c1-16-5-4-6-21(15-16)22(25,20-11-13-23(3)14-12-20)19-9-7-18(8-10-19)17(2)24/h4-10,15,20,25H,11-14H2,1-3H3. The molecule has 2 aromatic carbocycles. The lowest BCUT2D eigenvalue weighted by Gasteiger charge is -2.41. The molecule has 0 amide bonds. The first-order chi connectivity index (χ1) is 11.9. The van der Waals surface area contributed by atoms with E-state index < -0.39 is 5.60 Å². The highest BCUT2D eigenvalue weighted by Gasteiger charge is 2.41. The van der Waals surface area contributed by atoms with Crippen molar-refractivity contribution in [3.63, 3.8) is 0 Å². The highest BCUT2D eigenvalue weighted by Crippen LogP contribution is 2.42. The van der Waals surface area contributed by atoms with Crippen molar-refractivity contribution in [2.75, 3.05) is 20.1 Å². The van der Waals surface area contributed by atoms with Crippen molar-refractivity contribution in [2.45, 2.75) is 32.3 Å². The van der Waals surface area contributed by atoms with Gasteiger partial charge in [-0.05, 0) is 63.9 Å². The van der Waals surface area contributed by atoms with Crippen LogP contribution in [0.5, 0.6) is 0 Å². The van der Waals surface area contributed by atoms with Gasteiger partial charge in [0.2, 0.25) is 0 Å². The molecule has 3 rings (SSSR count). The first-order valence-electron chi connectivity index (χ1n) is 9.01. The number of benzene rings is 2. The van der Waals surface area contributed by atoms with E-state index in [9.17, 15) is 9.90 Å². The molecule has 2 aromatic rings. The molecular formula is C22H27NO2. The van der Waals surface area contributed by atoms with Gasteiger partial charge in [-0.1, -0.05) is 54.1 Å². The van der Waals surface area contributed by atoms with Crippen LogP contribution in [-0.2, 0) is 5.60 Å². The van der Waals surface area contributed by atoms with Crippen molar-refractivity contribution in [3.8, 4) is 0 Å². The zero-order valence-corrected chi connectivity index (χ0v) is 15.3. The Morgan fingerprint density at radius 1 is 1.08 bits per heavy atom. The Kier molecular flexibility index (Phi) is 5.07. The van der Waals surface area contributed by atoms with Crippen LogP contribution in [0.25, 0.3) is 0 Å². The quantitative estimate of drug-likeness (QED) is 0.863. The Morgan fingerprint density at radius 3 is 2.28 bits per heavy atom. The summed E-state index contributed by atoms with van der Waals surface area (Å²) in [6, 6.07) is 15.6. The average molecular weight is 337 g/mol. The van der Waals surface area contributed by atoms with Crippen molar-refractivity contribution in [1.29, 1.82) is 0 Å². The molecule has 1 aliphatic heterocycles. The number of ketones is 1. The largest absolute Gasteiger partial charge is 0.380 e. The number of Topliss-reactive ketones (excluding diaryl/α,β-unsaturated/α-hetero) is 1. The van der Waals surface area contributed by atoms with Gasteiger partial charge in [0.25, 0.3) is 0 Å². The molecule has 25 heavy (non-hydrogen) atoms. The number of nitrogens with zero attached hydrogens (tertiary/aromatic N) is 1. The number of piperidine rings is 1. The minimum atomic E-state index is -1.03. The summed E-state index contributed by atoms with van der Waals surface area (Å²) in [5.74, 6) is 0.207. The molecule has 0 aliphatic carbocycles. The van der Waals surface area contributed by atoms with Crippen molar-refractivity contribution in [3.05, 3.63) is 70.8 Å². The second-order valence-corrected chi connectivity index (χ2v) is 7.35. The van der Waals surface area contributed by atoms with Crippen LogP contribution in [0.15, 0.2) is 48.5 Å². The minimum absolute atomic E-state index is 0.0462. The van der Waals surface area contributed by atoms with Gasteiger partial charge < -0.3 is 10.0 Å². The van der Waals surface area contributed by atoms with E-state index in [0.717, 1.165) is 42.6 Å². The van der Waals surface area contributed by atoms with Crippen LogP contribution >= 0.6 is 0 Å². The van der Waals surface area contributed by atoms with Crippen molar-refractivity contribution >= 4 is 5.78 Å². The van der Waals surface area contributed by atoms with E-state index in [1.165, 1.54) is 0 Å². The molecule has 1 fully saturated rings. The lowest BCUT2D eigenvalue weighted by molar-refractivity contribution is -0.0109. The Labute approximate surface area is 150 Å². The number of likely N-dealkylation sites (tertiary alicyclic amines) is 1. The molecule has 1 atom stereocenters. The monoisotopic (exact) mass is 337 g/mol. The summed E-state index contributed by atoms with van der Waals surface area (Å²) in [7, 11) is 2.13. The van der Waals surface area contributed by atoms with Gasteiger partial charge in [-0.25, -0.2) is 0 Å². The molecule has 0 radical (unpaired) electrons. The lowest BCUT2D eigenvalue weighted by atomic mass is 9.71. The molecule has 1 aliphatic rings. The maximum absolute atomic E-state index is 11.9. The van der Waals surface area contributed by atoms with Gasteiger partial charge >= 0.3 is 0 Å². The van der Waals surface area contributed by atoms with Crippen molar-refractivity contribution in [2.24, 2.45) is 5.92 Å². The second kappa shape index (κ2) is 7.11. The number of aryl methyl sites for hydroxylation is 1. The van der Waals surface area contributed by atoms with E-state index >= 15 is 0 Å². The SMILES string of the molecule is CC(=O)c1ccc(C(O)(c2cccc(C)c2)C2CCN(C)CC2)cc1. The number of rotatable bonds is 4. The molecule has 1 unspecified atom stereocenters. The zero-order chi connectivity index (χ0) is 18.0. The summed E-state index contributed by atoms with van der Waals surface area (Å²) in [5.41, 5.74) is 2.61. The van der Waals surface area contributed by atoms with Gasteiger partial charge in [-0.2, -0.15) is 0 Å². The fraction of sp³-hybridized carbons (Fsp3) is 0.409. The van der Waals surface area contributed by atoms with Crippen LogP contribution in [0, 0.1) is 12.8 Å². The zero-order valence-electron chi connectivity index (χ0n) is 15.3. The lowest BCUT2D eigenvalue weighted by Crippen LogP contribution is -2.43. The smallest absolute Gasteiger partial charge is 0.159 e. The average Bonchev–Trinajstić information content (AvgIpc) is 2.61. The Hall–Kier alpha value is -1.97. The van der Waals surface area contributed by atoms with E-state index in [1.54, 1.807) is 6.92 Å². The van der Waals surface area contributed by atoms with E-state index in [0.29, 0.717) is 5.56 Å². The fourth-order valence-corrected chi connectivity index (χ4v) is 3.91. The predicted molar refractivity (Wildman–Crippen MR) is 101 cm³/mol. The maximum Gasteiger partial charge on any atom is 0.159 e. The fourth-order valence-electron chi connectivity index (χ4n) is 3.91. The van der Waals surface area contributed by atoms with Gasteiger partial charge in [-0.3, -0.25) is 4.79 Å². The topological polar surface area (TPSA) is 40.5 Å². The number of carbonyl (C=O) groups excluding carboxylic acids is 1. The summed E-state index contributed by atoms with van der Waals surface area (Å²) in [5, 5.41) is 11.9. The molecule has 0 aromatic heterocycles. The molecule has 1 N–H and O–H groups in total. The van der Waals surface area contributed by atoms with Crippen LogP contribution < -0.4 is 0 Å². The Balaban J connectivity index is 2.06. The highest BCUT2D eigenvalue weighted by molar-refractivity contribution is 5.94. The summed E-state index contributed by atoms with van der Waals surface area (Å²) in [4.78, 5) is 13.9. The summed E-state index contributed by atoms with van der Waals surface area (Å²) >= 11 is 0. The third-order valence-corrected chi connectivity index (χ3v) is 5.50. The molecule has 1 saturated heterocycles. The van der Waals surface area contributed by atoms with Gasteiger partial charge in [0.1, 0.15) is 5.60 Å². The van der Waals surface area contributed by atoms with Crippen LogP contribution in [0.4, 0.5) is 0 Å². The molecule has 3 heteroatoms. The van der Waals surface area contributed by atoms with Gasteiger partial charge in [0, 0.05) is 5.56 Å². The van der Waals surface area contributed by atoms with Crippen LogP contribution in [-0.4, -0.2) is 35.9 Å². The van der Waals surface area contributed by atoms with Crippen LogP contribution in [0.1, 0.15) is 46.8 Å². The Bertz CT molecular complexity index is 745. The molecule has 3 nitrogen and oxygen atoms in total. The summed E-state index contributed by atoms with van der Waals surface area (Å²) < 4.78 is 0. The number of hydrogen-bond donors (Lipinski definition) is 1. The maximum atomic E-state index is 11.9. The molecular weight excluding hydrogens is 310 g/mol. The van der Waals surface area contributed by atoms with Gasteiger partial charge in [0.05, 0.1) is 0 Å². The third kappa shape index (κ3) is 3.53. The number of carbonyl (C=O) groups is 1. The summed E-state index contributed by atoms with van der Waals surface area (Å²) in [6.07, 6.45) is 1.91. The molecule has 0 bridgehead atoms. The molecule has 132 valence electrons. The predicted octanol–water partition coefficient (Wildman–Crippen LogP) is 3.78. The van der Waals surface area contributed by atoms with E-state index in [-0.39, 0.29) is 11.7 Å². The second-order valence-electron chi connectivity index (χ2n) is 7.35. The van der Waals surface area contributed by atoms with Crippen LogP contribution in [0.2, 0.25) is 0 Å². The first-order valence-corrected chi connectivity index (χ1v) is 9.01. The van der Waals surface area contributed by atoms with E-state index in [1.807, 2.05) is 36.4 Å². The normalized spacial score (nSPS) is 18.7. The molecule has 0 spiro atoms. The van der Waals surface area contributed by atoms with Gasteiger partial charge in [0.15, 0.2) is 5.78 Å². The number of hydrogen-bond acceptors (Lipinski definition) is 3. The Morgan fingerprint density at radius 2 is 1.72 bits per heavy atom. The van der Waals surface area contributed by atoms with Gasteiger partial charge in [-0.15, -0.1) is 0 Å². The minimum Gasteiger partial charge on any atom is -0.380 e. The van der Waals surface area contributed by atoms with Crippen LogP contribution in [0.3, 0.4) is 0 Å². The van der Waals surface area contributed by atoms with E-state index in [4.69, 9.17) is 0 Å². The molecule has 0 saturated carbocycles. The summed E-state index contributed by atoms with van der Waals surface area (Å²) in [6.45, 7) is 5.60. The highest BCUT2D eigenvalue weighted by atomic mass is 16.3. The first kappa shape index (κ1) is 17.8. The number of aliphatic hydroxyl groups is 1.